The fourth-order valence-corrected chi connectivity index (χ4v) is 4.47. The Labute approximate surface area is 130 Å². The lowest BCUT2D eigenvalue weighted by Gasteiger charge is -2.10. The van der Waals surface area contributed by atoms with Gasteiger partial charge < -0.3 is 0 Å². The van der Waals surface area contributed by atoms with Crippen LogP contribution in [0.15, 0.2) is 23.1 Å². The van der Waals surface area contributed by atoms with E-state index in [0.29, 0.717) is 17.9 Å². The van der Waals surface area contributed by atoms with Crippen LogP contribution in [0.4, 0.5) is 0 Å². The quantitative estimate of drug-likeness (QED) is 0.920. The average Bonchev–Trinajstić information content (AvgIpc) is 2.70. The second-order valence-electron chi connectivity index (χ2n) is 5.16. The van der Waals surface area contributed by atoms with Gasteiger partial charge in [0, 0.05) is 11.4 Å². The Bertz CT molecular complexity index is 749. The second-order valence-corrected chi connectivity index (χ2v) is 8.18. The highest BCUT2D eigenvalue weighted by atomic mass is 32.2. The van der Waals surface area contributed by atoms with Crippen molar-refractivity contribution in [3.8, 4) is 0 Å². The molecule has 0 spiro atoms. The van der Waals surface area contributed by atoms with Crippen molar-refractivity contribution in [1.82, 2.24) is 9.71 Å². The predicted molar refractivity (Wildman–Crippen MR) is 86.4 cm³/mol. The van der Waals surface area contributed by atoms with E-state index in [0.717, 1.165) is 26.7 Å². The Morgan fingerprint density at radius 3 is 2.52 bits per heavy atom. The molecule has 4 nitrogen and oxygen atoms in total. The summed E-state index contributed by atoms with van der Waals surface area (Å²) in [5.74, 6) is 0. The van der Waals surface area contributed by atoms with E-state index in [4.69, 9.17) is 0 Å². The molecule has 0 bridgehead atoms. The van der Waals surface area contributed by atoms with Crippen LogP contribution in [-0.2, 0) is 16.4 Å². The van der Waals surface area contributed by atoms with Gasteiger partial charge >= 0.3 is 0 Å². The van der Waals surface area contributed by atoms with Crippen LogP contribution in [0.1, 0.15) is 26.7 Å². The molecule has 0 saturated carbocycles. The molecule has 0 atom stereocenters. The highest BCUT2D eigenvalue weighted by molar-refractivity contribution is 7.89. The summed E-state index contributed by atoms with van der Waals surface area (Å²) in [7, 11) is -3.46. The molecule has 0 aliphatic carbocycles. The van der Waals surface area contributed by atoms with Gasteiger partial charge in [-0.1, -0.05) is 12.1 Å². The Hall–Kier alpha value is -1.24. The van der Waals surface area contributed by atoms with Crippen LogP contribution < -0.4 is 4.72 Å². The number of rotatable bonds is 5. The number of sulfonamides is 1. The summed E-state index contributed by atoms with van der Waals surface area (Å²) >= 11 is 1.62. The van der Waals surface area contributed by atoms with Gasteiger partial charge in [-0.3, -0.25) is 0 Å². The van der Waals surface area contributed by atoms with Gasteiger partial charge in [-0.05, 0) is 51.3 Å². The monoisotopic (exact) mass is 324 g/mol. The van der Waals surface area contributed by atoms with Gasteiger partial charge in [0.1, 0.15) is 0 Å². The van der Waals surface area contributed by atoms with Crippen molar-refractivity contribution in [3.05, 3.63) is 44.9 Å². The normalized spacial score (nSPS) is 11.8. The lowest BCUT2D eigenvalue weighted by molar-refractivity contribution is 0.581. The number of aryl methyl sites for hydroxylation is 4. The molecule has 0 amide bonds. The van der Waals surface area contributed by atoms with Gasteiger partial charge in [0.05, 0.1) is 15.6 Å². The number of hydrogen-bond acceptors (Lipinski definition) is 4. The minimum absolute atomic E-state index is 0.361. The van der Waals surface area contributed by atoms with Crippen LogP contribution in [0, 0.1) is 27.7 Å². The molecular formula is C15H20N2O2S2. The molecule has 0 aliphatic heterocycles. The number of aromatic nitrogens is 1. The highest BCUT2D eigenvalue weighted by Crippen LogP contribution is 2.19. The Kier molecular flexibility index (Phi) is 4.81. The van der Waals surface area contributed by atoms with Crippen LogP contribution in [0.5, 0.6) is 0 Å². The van der Waals surface area contributed by atoms with Crippen LogP contribution >= 0.6 is 11.3 Å². The molecular weight excluding hydrogens is 304 g/mol. The van der Waals surface area contributed by atoms with E-state index in [1.165, 1.54) is 0 Å². The highest BCUT2D eigenvalue weighted by Gasteiger charge is 2.16. The summed E-state index contributed by atoms with van der Waals surface area (Å²) in [5.41, 5.74) is 2.69. The zero-order chi connectivity index (χ0) is 15.6. The molecule has 0 unspecified atom stereocenters. The molecule has 1 aromatic carbocycles. The van der Waals surface area contributed by atoms with E-state index in [1.54, 1.807) is 17.4 Å². The maximum absolute atomic E-state index is 12.4. The maximum atomic E-state index is 12.4. The number of nitrogens with one attached hydrogen (secondary N) is 1. The van der Waals surface area contributed by atoms with Crippen molar-refractivity contribution in [2.24, 2.45) is 0 Å². The number of benzene rings is 1. The number of hydrogen-bond donors (Lipinski definition) is 1. The first-order valence-electron chi connectivity index (χ1n) is 6.79. The van der Waals surface area contributed by atoms with Crippen molar-refractivity contribution in [2.75, 3.05) is 6.54 Å². The summed E-state index contributed by atoms with van der Waals surface area (Å²) in [6.07, 6.45) is 0.668. The lowest BCUT2D eigenvalue weighted by Crippen LogP contribution is -2.26. The van der Waals surface area contributed by atoms with E-state index in [9.17, 15) is 8.42 Å². The zero-order valence-electron chi connectivity index (χ0n) is 12.7. The van der Waals surface area contributed by atoms with E-state index < -0.39 is 10.0 Å². The average molecular weight is 324 g/mol. The maximum Gasteiger partial charge on any atom is 0.240 e. The fourth-order valence-electron chi connectivity index (χ4n) is 2.18. The van der Waals surface area contributed by atoms with Gasteiger partial charge in [-0.25, -0.2) is 18.1 Å². The molecule has 0 radical (unpaired) electrons. The predicted octanol–water partition coefficient (Wildman–Crippen LogP) is 2.90. The largest absolute Gasteiger partial charge is 0.247 e. The Balaban J connectivity index is 2.08. The molecule has 1 heterocycles. The lowest BCUT2D eigenvalue weighted by atomic mass is 10.2. The molecule has 6 heteroatoms. The molecule has 2 aromatic rings. The van der Waals surface area contributed by atoms with Gasteiger partial charge in [0.15, 0.2) is 0 Å². The summed E-state index contributed by atoms with van der Waals surface area (Å²) < 4.78 is 27.4. The molecule has 21 heavy (non-hydrogen) atoms. The Morgan fingerprint density at radius 1 is 1.19 bits per heavy atom. The molecule has 114 valence electrons. The molecule has 2 rings (SSSR count). The molecule has 0 saturated heterocycles. The molecule has 1 N–H and O–H groups in total. The number of nitrogens with zero attached hydrogens (tertiary/aromatic N) is 1. The second kappa shape index (κ2) is 6.25. The summed E-state index contributed by atoms with van der Waals surface area (Å²) in [4.78, 5) is 5.85. The molecule has 0 fully saturated rings. The van der Waals surface area contributed by atoms with Crippen molar-refractivity contribution in [3.63, 3.8) is 0 Å². The summed E-state index contributed by atoms with van der Waals surface area (Å²) in [6.45, 7) is 8.00. The Morgan fingerprint density at radius 2 is 1.90 bits per heavy atom. The van der Waals surface area contributed by atoms with Gasteiger partial charge in [-0.15, -0.1) is 11.3 Å². The first-order chi connectivity index (χ1) is 9.79. The third kappa shape index (κ3) is 3.90. The van der Waals surface area contributed by atoms with Gasteiger partial charge in [0.25, 0.3) is 0 Å². The van der Waals surface area contributed by atoms with Crippen molar-refractivity contribution < 1.29 is 8.42 Å². The SMILES string of the molecule is Cc1ccc(C)c(S(=O)(=O)NCCc2sc(C)nc2C)c1. The topological polar surface area (TPSA) is 59.1 Å². The first-order valence-corrected chi connectivity index (χ1v) is 9.09. The van der Waals surface area contributed by atoms with Crippen LogP contribution in [0.25, 0.3) is 0 Å². The smallest absolute Gasteiger partial charge is 0.240 e. The van der Waals surface area contributed by atoms with Crippen molar-refractivity contribution in [1.29, 1.82) is 0 Å². The van der Waals surface area contributed by atoms with Crippen LogP contribution in [0.2, 0.25) is 0 Å². The van der Waals surface area contributed by atoms with E-state index in [1.807, 2.05) is 39.8 Å². The van der Waals surface area contributed by atoms with Gasteiger partial charge in [0.2, 0.25) is 10.0 Å². The zero-order valence-corrected chi connectivity index (χ0v) is 14.4. The minimum atomic E-state index is -3.46. The van der Waals surface area contributed by atoms with Crippen molar-refractivity contribution >= 4 is 21.4 Å². The third-order valence-corrected chi connectivity index (χ3v) is 6.01. The van der Waals surface area contributed by atoms with Crippen molar-refractivity contribution in [2.45, 2.75) is 39.0 Å². The van der Waals surface area contributed by atoms with E-state index >= 15 is 0 Å². The van der Waals surface area contributed by atoms with Crippen LogP contribution in [0.3, 0.4) is 0 Å². The number of thiazole rings is 1. The fraction of sp³-hybridized carbons (Fsp3) is 0.400. The minimum Gasteiger partial charge on any atom is -0.247 e. The third-order valence-electron chi connectivity index (χ3n) is 3.28. The molecule has 1 aromatic heterocycles. The van der Waals surface area contributed by atoms with E-state index in [-0.39, 0.29) is 0 Å². The summed E-state index contributed by atoms with van der Waals surface area (Å²) in [6, 6.07) is 5.46. The molecule has 0 aliphatic rings. The van der Waals surface area contributed by atoms with Gasteiger partial charge in [-0.2, -0.15) is 0 Å². The standard InChI is InChI=1S/C15H20N2O2S2/c1-10-5-6-11(2)15(9-10)21(18,19)16-8-7-14-12(3)17-13(4)20-14/h5-6,9,16H,7-8H2,1-4H3. The van der Waals surface area contributed by atoms with E-state index in [2.05, 4.69) is 9.71 Å². The first kappa shape index (κ1) is 16.1. The van der Waals surface area contributed by atoms with Crippen LogP contribution in [-0.4, -0.2) is 19.9 Å². The summed E-state index contributed by atoms with van der Waals surface area (Å²) in [5, 5.41) is 1.01.